The van der Waals surface area contributed by atoms with Crippen LogP contribution < -0.4 is 16.0 Å². The van der Waals surface area contributed by atoms with Crippen molar-refractivity contribution in [1.29, 1.82) is 0 Å². The van der Waals surface area contributed by atoms with Gasteiger partial charge in [-0.1, -0.05) is 12.8 Å². The van der Waals surface area contributed by atoms with Gasteiger partial charge in [0.25, 0.3) is 0 Å². The van der Waals surface area contributed by atoms with E-state index in [2.05, 4.69) is 10.8 Å². The van der Waals surface area contributed by atoms with Gasteiger partial charge in [0.05, 0.1) is 18.0 Å². The van der Waals surface area contributed by atoms with Crippen LogP contribution in [0.15, 0.2) is 11.4 Å². The molecule has 1 aromatic rings. The zero-order valence-electron chi connectivity index (χ0n) is 9.03. The number of nitrogens with one attached hydrogen (secondary N) is 1. The summed E-state index contributed by atoms with van der Waals surface area (Å²) in [6.07, 6.45) is 5.21. The van der Waals surface area contributed by atoms with E-state index in [9.17, 15) is 0 Å². The maximum Gasteiger partial charge on any atom is 0.134 e. The molecule has 0 radical (unpaired) electrons. The molecule has 15 heavy (non-hydrogen) atoms. The molecular formula is C11H18N2OS. The first kappa shape index (κ1) is 10.9. The first-order chi connectivity index (χ1) is 7.36. The Kier molecular flexibility index (Phi) is 3.61. The van der Waals surface area contributed by atoms with Gasteiger partial charge in [0.15, 0.2) is 0 Å². The molecule has 0 spiro atoms. The quantitative estimate of drug-likeness (QED) is 0.612. The van der Waals surface area contributed by atoms with Crippen LogP contribution in [0.4, 0.5) is 0 Å². The molecule has 1 unspecified atom stereocenters. The summed E-state index contributed by atoms with van der Waals surface area (Å²) >= 11 is 1.73. The van der Waals surface area contributed by atoms with Gasteiger partial charge < -0.3 is 4.74 Å². The zero-order chi connectivity index (χ0) is 10.7. The Morgan fingerprint density at radius 3 is 2.87 bits per heavy atom. The van der Waals surface area contributed by atoms with Gasteiger partial charge in [-0.15, -0.1) is 11.3 Å². The van der Waals surface area contributed by atoms with Crippen molar-refractivity contribution in [3.63, 3.8) is 0 Å². The minimum atomic E-state index is 0.266. The lowest BCUT2D eigenvalue weighted by molar-refractivity contribution is 0.355. The highest BCUT2D eigenvalue weighted by atomic mass is 32.1. The highest BCUT2D eigenvalue weighted by Crippen LogP contribution is 2.40. The van der Waals surface area contributed by atoms with Gasteiger partial charge in [-0.3, -0.25) is 11.3 Å². The normalized spacial score (nSPS) is 19.3. The third-order valence-corrected chi connectivity index (χ3v) is 4.19. The van der Waals surface area contributed by atoms with Crippen molar-refractivity contribution >= 4 is 11.3 Å². The van der Waals surface area contributed by atoms with E-state index in [4.69, 9.17) is 10.6 Å². The van der Waals surface area contributed by atoms with E-state index in [0.717, 1.165) is 5.75 Å². The minimum absolute atomic E-state index is 0.266. The van der Waals surface area contributed by atoms with Crippen molar-refractivity contribution < 1.29 is 4.74 Å². The summed E-state index contributed by atoms with van der Waals surface area (Å²) in [4.78, 5) is 1.24. The third-order valence-electron chi connectivity index (χ3n) is 3.21. The van der Waals surface area contributed by atoms with Crippen LogP contribution in [0.3, 0.4) is 0 Å². The van der Waals surface area contributed by atoms with E-state index < -0.39 is 0 Å². The summed E-state index contributed by atoms with van der Waals surface area (Å²) in [7, 11) is 1.72. The van der Waals surface area contributed by atoms with Crippen LogP contribution in [0.5, 0.6) is 5.75 Å². The molecule has 0 amide bonds. The predicted molar refractivity (Wildman–Crippen MR) is 62.9 cm³/mol. The molecule has 1 atom stereocenters. The first-order valence-corrected chi connectivity index (χ1v) is 6.32. The molecule has 1 fully saturated rings. The number of hydrogen-bond acceptors (Lipinski definition) is 4. The molecule has 4 heteroatoms. The molecule has 2 rings (SSSR count). The highest BCUT2D eigenvalue weighted by molar-refractivity contribution is 7.10. The monoisotopic (exact) mass is 226 g/mol. The number of nitrogens with two attached hydrogens (primary N) is 1. The molecule has 0 saturated heterocycles. The third kappa shape index (κ3) is 2.17. The van der Waals surface area contributed by atoms with Crippen molar-refractivity contribution in [2.75, 3.05) is 7.11 Å². The Morgan fingerprint density at radius 1 is 1.53 bits per heavy atom. The second-order valence-electron chi connectivity index (χ2n) is 4.04. The van der Waals surface area contributed by atoms with E-state index in [1.807, 2.05) is 6.07 Å². The van der Waals surface area contributed by atoms with Gasteiger partial charge >= 0.3 is 0 Å². The number of hydrogen-bond donors (Lipinski definition) is 2. The Labute approximate surface area is 94.6 Å². The van der Waals surface area contributed by atoms with E-state index in [1.54, 1.807) is 18.4 Å². The number of hydrazine groups is 1. The number of rotatable bonds is 4. The van der Waals surface area contributed by atoms with Gasteiger partial charge in [-0.05, 0) is 30.2 Å². The average Bonchev–Trinajstić information content (AvgIpc) is 2.89. The van der Waals surface area contributed by atoms with Gasteiger partial charge in [0.2, 0.25) is 0 Å². The van der Waals surface area contributed by atoms with Crippen molar-refractivity contribution in [2.24, 2.45) is 11.8 Å². The number of methoxy groups -OCH3 is 1. The molecule has 0 aliphatic heterocycles. The molecule has 1 aliphatic carbocycles. The van der Waals surface area contributed by atoms with Crippen LogP contribution in [0.2, 0.25) is 0 Å². The summed E-state index contributed by atoms with van der Waals surface area (Å²) in [5.74, 6) is 7.30. The average molecular weight is 226 g/mol. The van der Waals surface area contributed by atoms with E-state index in [1.165, 1.54) is 30.6 Å². The van der Waals surface area contributed by atoms with Crippen molar-refractivity contribution in [2.45, 2.75) is 31.7 Å². The van der Waals surface area contributed by atoms with Gasteiger partial charge in [-0.25, -0.2) is 0 Å². The molecule has 1 aliphatic rings. The van der Waals surface area contributed by atoms with E-state index in [-0.39, 0.29) is 6.04 Å². The van der Waals surface area contributed by atoms with E-state index in [0.29, 0.717) is 5.92 Å². The smallest absolute Gasteiger partial charge is 0.134 e. The summed E-state index contributed by atoms with van der Waals surface area (Å²) in [5, 5.41) is 2.06. The molecular weight excluding hydrogens is 208 g/mol. The van der Waals surface area contributed by atoms with Crippen LogP contribution in [0.1, 0.15) is 36.6 Å². The minimum Gasteiger partial charge on any atom is -0.496 e. The molecule has 1 aromatic heterocycles. The summed E-state index contributed by atoms with van der Waals surface area (Å²) < 4.78 is 5.34. The Morgan fingerprint density at radius 2 is 2.27 bits per heavy atom. The van der Waals surface area contributed by atoms with Crippen molar-refractivity contribution in [1.82, 2.24) is 5.43 Å². The molecule has 3 nitrogen and oxygen atoms in total. The summed E-state index contributed by atoms with van der Waals surface area (Å²) in [6, 6.07) is 2.28. The van der Waals surface area contributed by atoms with Gasteiger partial charge in [-0.2, -0.15) is 0 Å². The fraction of sp³-hybridized carbons (Fsp3) is 0.636. The number of ether oxygens (including phenoxy) is 1. The van der Waals surface area contributed by atoms with Crippen molar-refractivity contribution in [3.8, 4) is 5.75 Å². The highest BCUT2D eigenvalue weighted by Gasteiger charge is 2.28. The first-order valence-electron chi connectivity index (χ1n) is 5.44. The van der Waals surface area contributed by atoms with Gasteiger partial charge in [0, 0.05) is 0 Å². The van der Waals surface area contributed by atoms with Crippen molar-refractivity contribution in [3.05, 3.63) is 16.3 Å². The molecule has 3 N–H and O–H groups in total. The van der Waals surface area contributed by atoms with Crippen LogP contribution in [-0.4, -0.2) is 7.11 Å². The van der Waals surface area contributed by atoms with E-state index >= 15 is 0 Å². The molecule has 84 valence electrons. The molecule has 0 aromatic carbocycles. The standard InChI is InChI=1S/C11H18N2OS/c1-14-9-6-7-15-11(9)10(13-12)8-4-2-3-5-8/h6-8,10,13H,2-5,12H2,1H3. The van der Waals surface area contributed by atoms with Crippen LogP contribution in [-0.2, 0) is 0 Å². The van der Waals surface area contributed by atoms with Crippen LogP contribution >= 0.6 is 11.3 Å². The maximum atomic E-state index is 5.67. The van der Waals surface area contributed by atoms with Crippen LogP contribution in [0.25, 0.3) is 0 Å². The lowest BCUT2D eigenvalue weighted by Crippen LogP contribution is -2.32. The predicted octanol–water partition coefficient (Wildman–Crippen LogP) is 2.45. The lowest BCUT2D eigenvalue weighted by atomic mass is 9.97. The Bertz CT molecular complexity index is 307. The fourth-order valence-electron chi connectivity index (χ4n) is 2.42. The zero-order valence-corrected chi connectivity index (χ0v) is 9.85. The van der Waals surface area contributed by atoms with Crippen LogP contribution in [0, 0.1) is 5.92 Å². The number of thiophene rings is 1. The summed E-state index contributed by atoms with van der Waals surface area (Å²) in [6.45, 7) is 0. The lowest BCUT2D eigenvalue weighted by Gasteiger charge is -2.22. The molecule has 0 bridgehead atoms. The Balaban J connectivity index is 2.17. The summed E-state index contributed by atoms with van der Waals surface area (Å²) in [5.41, 5.74) is 2.95. The maximum absolute atomic E-state index is 5.67. The SMILES string of the molecule is COc1ccsc1C(NN)C1CCCC1. The second-order valence-corrected chi connectivity index (χ2v) is 4.99. The second kappa shape index (κ2) is 4.96. The molecule has 1 saturated carbocycles. The fourth-order valence-corrected chi connectivity index (χ4v) is 3.43. The van der Waals surface area contributed by atoms with Gasteiger partial charge in [0.1, 0.15) is 5.75 Å². The largest absolute Gasteiger partial charge is 0.496 e. The topological polar surface area (TPSA) is 47.3 Å². The molecule has 1 heterocycles. The Hall–Kier alpha value is -0.580.